The first-order valence-electron chi connectivity index (χ1n) is 10.7. The van der Waals surface area contributed by atoms with Crippen molar-refractivity contribution in [1.29, 1.82) is 0 Å². The number of hydrogen-bond donors (Lipinski definition) is 1. The first-order valence-corrected chi connectivity index (χ1v) is 11.9. The highest BCUT2D eigenvalue weighted by Gasteiger charge is 2.22. The molecule has 168 valence electrons. The second kappa shape index (κ2) is 10.8. The second-order valence-corrected chi connectivity index (χ2v) is 8.93. The molecule has 4 rings (SSSR count). The van der Waals surface area contributed by atoms with Crippen molar-refractivity contribution in [2.75, 3.05) is 26.2 Å². The summed E-state index contributed by atoms with van der Waals surface area (Å²) in [6.07, 6.45) is 9.69. The van der Waals surface area contributed by atoms with Crippen molar-refractivity contribution in [2.45, 2.75) is 32.2 Å². The molecule has 1 unspecified atom stereocenters. The smallest absolute Gasteiger partial charge is 0.280 e. The summed E-state index contributed by atoms with van der Waals surface area (Å²) in [5.41, 5.74) is 1.37. The van der Waals surface area contributed by atoms with Crippen molar-refractivity contribution in [2.24, 2.45) is 0 Å². The van der Waals surface area contributed by atoms with Gasteiger partial charge in [0.25, 0.3) is 5.91 Å². The minimum Gasteiger partial charge on any atom is -0.477 e. The maximum Gasteiger partial charge on any atom is 0.280 e. The van der Waals surface area contributed by atoms with Gasteiger partial charge in [-0.25, -0.2) is 9.97 Å². The Morgan fingerprint density at radius 2 is 2.12 bits per heavy atom. The third-order valence-electron chi connectivity index (χ3n) is 5.20. The molecule has 0 spiro atoms. The van der Waals surface area contributed by atoms with E-state index in [0.29, 0.717) is 28.2 Å². The molecule has 1 atom stereocenters. The van der Waals surface area contributed by atoms with Crippen LogP contribution in [0.1, 0.15) is 47.7 Å². The average Bonchev–Trinajstić information content (AvgIpc) is 3.49. The molecule has 3 aromatic heterocycles. The van der Waals surface area contributed by atoms with Gasteiger partial charge in [0.05, 0.1) is 35.6 Å². The lowest BCUT2D eigenvalue weighted by Gasteiger charge is -2.21. The number of pyridine rings is 1. The number of aromatic nitrogens is 4. The van der Waals surface area contributed by atoms with E-state index in [0.717, 1.165) is 36.6 Å². The molecule has 0 aromatic carbocycles. The molecule has 10 heteroatoms. The molecule has 0 bridgehead atoms. The number of rotatable bonds is 9. The summed E-state index contributed by atoms with van der Waals surface area (Å²) in [6.45, 7) is 5.48. The lowest BCUT2D eigenvalue weighted by atomic mass is 10.1. The molecule has 3 aromatic rings. The molecule has 0 aliphatic carbocycles. The number of likely N-dealkylation sites (tertiary alicyclic amines) is 1. The molecule has 4 heterocycles. The molecule has 1 N–H and O–H groups in total. The number of carbonyl (C=O) groups excluding carboxylic acids is 1. The molecule has 1 aliphatic rings. The summed E-state index contributed by atoms with van der Waals surface area (Å²) in [7, 11) is 0. The minimum absolute atomic E-state index is 0.247. The number of halogens is 1. The first kappa shape index (κ1) is 22.6. The Morgan fingerprint density at radius 3 is 2.91 bits per heavy atom. The normalized spacial score (nSPS) is 14.9. The zero-order chi connectivity index (χ0) is 22.3. The van der Waals surface area contributed by atoms with Gasteiger partial charge in [-0.2, -0.15) is 0 Å². The maximum atomic E-state index is 13.0. The van der Waals surface area contributed by atoms with Crippen molar-refractivity contribution in [3.8, 4) is 16.5 Å². The van der Waals surface area contributed by atoms with E-state index in [4.69, 9.17) is 16.3 Å². The molecule has 0 radical (unpaired) electrons. The number of hydrogen-bond acceptors (Lipinski definition) is 8. The fraction of sp³-hybridized carbons (Fsp3) is 0.409. The van der Waals surface area contributed by atoms with Gasteiger partial charge in [-0.15, -0.1) is 11.3 Å². The van der Waals surface area contributed by atoms with Gasteiger partial charge < -0.3 is 15.0 Å². The molecule has 1 aliphatic heterocycles. The van der Waals surface area contributed by atoms with Crippen LogP contribution in [0, 0.1) is 0 Å². The fourth-order valence-electron chi connectivity index (χ4n) is 3.63. The lowest BCUT2D eigenvalue weighted by Crippen LogP contribution is -2.32. The van der Waals surface area contributed by atoms with Crippen LogP contribution in [-0.2, 0) is 0 Å². The van der Waals surface area contributed by atoms with Crippen LogP contribution in [0.4, 0.5) is 0 Å². The van der Waals surface area contributed by atoms with Crippen molar-refractivity contribution in [1.82, 2.24) is 30.2 Å². The third-order valence-corrected chi connectivity index (χ3v) is 6.45. The molecular formula is C22H25ClN6O2S. The Kier molecular flexibility index (Phi) is 7.62. The van der Waals surface area contributed by atoms with Gasteiger partial charge in [-0.1, -0.05) is 11.6 Å². The summed E-state index contributed by atoms with van der Waals surface area (Å²) >= 11 is 7.45. The van der Waals surface area contributed by atoms with Crippen LogP contribution in [0.5, 0.6) is 5.88 Å². The number of ether oxygens (including phenoxy) is 1. The highest BCUT2D eigenvalue weighted by Crippen LogP contribution is 2.26. The monoisotopic (exact) mass is 472 g/mol. The van der Waals surface area contributed by atoms with Crippen LogP contribution in [-0.4, -0.2) is 57.0 Å². The topological polar surface area (TPSA) is 93.1 Å². The summed E-state index contributed by atoms with van der Waals surface area (Å²) in [5.74, 6) is 0.196. The molecule has 1 fully saturated rings. The summed E-state index contributed by atoms with van der Waals surface area (Å²) in [4.78, 5) is 33.5. The van der Waals surface area contributed by atoms with Crippen LogP contribution < -0.4 is 10.1 Å². The number of carbonyl (C=O) groups is 1. The summed E-state index contributed by atoms with van der Waals surface area (Å²) < 4.78 is 5.41. The van der Waals surface area contributed by atoms with E-state index in [2.05, 4.69) is 30.2 Å². The first-order chi connectivity index (χ1) is 15.6. The highest BCUT2D eigenvalue weighted by atomic mass is 35.5. The predicted molar refractivity (Wildman–Crippen MR) is 124 cm³/mol. The lowest BCUT2D eigenvalue weighted by molar-refractivity contribution is 0.0930. The predicted octanol–water partition coefficient (Wildman–Crippen LogP) is 4.00. The minimum atomic E-state index is -0.254. The van der Waals surface area contributed by atoms with E-state index in [-0.39, 0.29) is 11.9 Å². The van der Waals surface area contributed by atoms with E-state index in [1.165, 1.54) is 24.2 Å². The van der Waals surface area contributed by atoms with Gasteiger partial charge in [0.1, 0.15) is 5.69 Å². The Labute approximate surface area is 196 Å². The zero-order valence-electron chi connectivity index (χ0n) is 17.8. The highest BCUT2D eigenvalue weighted by molar-refractivity contribution is 7.16. The largest absolute Gasteiger partial charge is 0.477 e. The van der Waals surface area contributed by atoms with Gasteiger partial charge in [-0.3, -0.25) is 14.8 Å². The molecule has 8 nitrogen and oxygen atoms in total. The van der Waals surface area contributed by atoms with Crippen LogP contribution in [0.15, 0.2) is 36.9 Å². The zero-order valence-corrected chi connectivity index (χ0v) is 19.4. The van der Waals surface area contributed by atoms with E-state index in [1.807, 2.05) is 6.92 Å². The SMILES string of the molecule is CCOc1cncc(-c2cnc(C(=O)NC(CCN3CCCC3)c3cc(Cl)ccn3)s2)n1. The second-order valence-electron chi connectivity index (χ2n) is 7.47. The Bertz CT molecular complexity index is 1060. The van der Waals surface area contributed by atoms with Crippen molar-refractivity contribution in [3.05, 3.63) is 52.6 Å². The summed E-state index contributed by atoms with van der Waals surface area (Å²) in [5, 5.41) is 4.05. The molecular weight excluding hydrogens is 448 g/mol. The van der Waals surface area contributed by atoms with Crippen LogP contribution in [0.2, 0.25) is 5.02 Å². The van der Waals surface area contributed by atoms with Crippen LogP contribution in [0.25, 0.3) is 10.6 Å². The molecule has 0 saturated carbocycles. The maximum absolute atomic E-state index is 13.0. The Hall–Kier alpha value is -2.62. The van der Waals surface area contributed by atoms with E-state index < -0.39 is 0 Å². The molecule has 1 amide bonds. The molecule has 32 heavy (non-hydrogen) atoms. The summed E-state index contributed by atoms with van der Waals surface area (Å²) in [6, 6.07) is 3.28. The third kappa shape index (κ3) is 5.79. The van der Waals surface area contributed by atoms with Crippen molar-refractivity contribution < 1.29 is 9.53 Å². The van der Waals surface area contributed by atoms with Crippen molar-refractivity contribution in [3.63, 3.8) is 0 Å². The van der Waals surface area contributed by atoms with Gasteiger partial charge in [0.2, 0.25) is 5.88 Å². The van der Waals surface area contributed by atoms with Gasteiger partial charge in [0, 0.05) is 24.0 Å². The fourth-order valence-corrected chi connectivity index (χ4v) is 4.57. The standard InChI is InChI=1S/C22H25ClN6O2S/c1-2-31-20-14-24-12-18(27-20)19-13-26-22(32-19)21(30)28-16(6-10-29-8-3-4-9-29)17-11-15(23)5-7-25-17/h5,7,11-14,16H,2-4,6,8-10H2,1H3,(H,28,30). The van der Waals surface area contributed by atoms with Crippen molar-refractivity contribution >= 4 is 28.8 Å². The van der Waals surface area contributed by atoms with Crippen LogP contribution >= 0.6 is 22.9 Å². The Morgan fingerprint density at radius 1 is 1.28 bits per heavy atom. The molecule has 1 saturated heterocycles. The average molecular weight is 473 g/mol. The number of nitrogens with one attached hydrogen (secondary N) is 1. The van der Waals surface area contributed by atoms with E-state index >= 15 is 0 Å². The van der Waals surface area contributed by atoms with Crippen LogP contribution in [0.3, 0.4) is 0 Å². The van der Waals surface area contributed by atoms with Gasteiger partial charge in [0.15, 0.2) is 5.01 Å². The number of amides is 1. The number of thiazole rings is 1. The van der Waals surface area contributed by atoms with Gasteiger partial charge >= 0.3 is 0 Å². The van der Waals surface area contributed by atoms with E-state index in [9.17, 15) is 4.79 Å². The van der Waals surface area contributed by atoms with Gasteiger partial charge in [-0.05, 0) is 51.4 Å². The Balaban J connectivity index is 1.48. The number of nitrogens with zero attached hydrogens (tertiary/aromatic N) is 5. The quantitative estimate of drug-likeness (QED) is 0.503. The van der Waals surface area contributed by atoms with E-state index in [1.54, 1.807) is 36.9 Å².